The normalized spacial score (nSPS) is 11.5. The molecule has 8 heteroatoms. The van der Waals surface area contributed by atoms with Crippen molar-refractivity contribution < 1.29 is 18.7 Å². The molecule has 0 spiro atoms. The van der Waals surface area contributed by atoms with Crippen molar-refractivity contribution in [3.05, 3.63) is 94.4 Å². The molecule has 0 aliphatic heterocycles. The van der Waals surface area contributed by atoms with Crippen molar-refractivity contribution in [1.29, 1.82) is 0 Å². The molecule has 0 radical (unpaired) electrons. The molecule has 186 valence electrons. The third-order valence-corrected chi connectivity index (χ3v) is 6.79. The number of anilines is 1. The Balaban J connectivity index is 1.53. The zero-order chi connectivity index (χ0) is 25.9. The van der Waals surface area contributed by atoms with Gasteiger partial charge >= 0.3 is 0 Å². The number of nitrogens with zero attached hydrogens (tertiary/aromatic N) is 2. The highest BCUT2D eigenvalue weighted by Crippen LogP contribution is 2.27. The Morgan fingerprint density at radius 1 is 0.919 bits per heavy atom. The van der Waals surface area contributed by atoms with E-state index in [-0.39, 0.29) is 17.0 Å². The van der Waals surface area contributed by atoms with Crippen LogP contribution >= 0.6 is 11.3 Å². The van der Waals surface area contributed by atoms with Gasteiger partial charge in [-0.05, 0) is 79.6 Å². The first kappa shape index (κ1) is 24.3. The fourth-order valence-electron chi connectivity index (χ4n) is 3.78. The second kappa shape index (κ2) is 10.3. The van der Waals surface area contributed by atoms with Gasteiger partial charge in [0, 0.05) is 16.3 Å². The Labute approximate surface area is 218 Å². The zero-order valence-corrected chi connectivity index (χ0v) is 21.7. The minimum absolute atomic E-state index is 0.186. The number of nitrogens with one attached hydrogen (secondary N) is 1. The molecule has 1 N–H and O–H groups in total. The molecule has 3 aromatic carbocycles. The summed E-state index contributed by atoms with van der Waals surface area (Å²) in [6.07, 6.45) is 0. The molecule has 0 aliphatic carbocycles. The number of thiazole rings is 1. The summed E-state index contributed by atoms with van der Waals surface area (Å²) in [5.41, 5.74) is 5.88. The standard InChI is InChI=1S/C29H25N3O4S/c1-17-5-6-19(13-18(17)2)25-16-37-29(31-25)32-27(33)24-15-20-14-23(35-4)11-12-26(20)36-28(24)30-21-7-9-22(34-3)10-8-21/h5-16H,1-4H3,(H,31,32,33). The molecule has 0 bridgehead atoms. The van der Waals surface area contributed by atoms with E-state index in [4.69, 9.17) is 13.9 Å². The number of carbonyl (C=O) groups excluding carboxylic acids is 1. The van der Waals surface area contributed by atoms with Crippen LogP contribution < -0.4 is 20.3 Å². The first-order valence-corrected chi connectivity index (χ1v) is 12.5. The van der Waals surface area contributed by atoms with Gasteiger partial charge < -0.3 is 13.9 Å². The van der Waals surface area contributed by atoms with Crippen LogP contribution in [-0.2, 0) is 0 Å². The lowest BCUT2D eigenvalue weighted by Crippen LogP contribution is -2.21. The monoisotopic (exact) mass is 511 g/mol. The Kier molecular flexibility index (Phi) is 6.74. The fraction of sp³-hybridized carbons (Fsp3) is 0.138. The molecule has 2 heterocycles. The van der Waals surface area contributed by atoms with Crippen LogP contribution in [-0.4, -0.2) is 25.1 Å². The topological polar surface area (TPSA) is 86.0 Å². The summed E-state index contributed by atoms with van der Waals surface area (Å²) in [7, 11) is 3.19. The fourth-order valence-corrected chi connectivity index (χ4v) is 4.50. The van der Waals surface area contributed by atoms with Gasteiger partial charge in [-0.3, -0.25) is 10.1 Å². The van der Waals surface area contributed by atoms with E-state index in [9.17, 15) is 4.79 Å². The number of rotatable bonds is 6. The number of aromatic nitrogens is 1. The van der Waals surface area contributed by atoms with Gasteiger partial charge in [0.05, 0.1) is 25.6 Å². The van der Waals surface area contributed by atoms with Crippen molar-refractivity contribution in [3.63, 3.8) is 0 Å². The number of carbonyl (C=O) groups is 1. The van der Waals surface area contributed by atoms with Crippen LogP contribution in [0.15, 0.2) is 81.5 Å². The van der Waals surface area contributed by atoms with Crippen molar-refractivity contribution in [3.8, 4) is 22.8 Å². The number of hydrogen-bond acceptors (Lipinski definition) is 7. The van der Waals surface area contributed by atoms with Crippen LogP contribution in [0.4, 0.5) is 10.8 Å². The van der Waals surface area contributed by atoms with E-state index in [0.717, 1.165) is 11.3 Å². The van der Waals surface area contributed by atoms with Crippen molar-refractivity contribution in [2.75, 3.05) is 19.5 Å². The van der Waals surface area contributed by atoms with Crippen LogP contribution in [0.1, 0.15) is 21.5 Å². The van der Waals surface area contributed by atoms with E-state index in [1.165, 1.54) is 22.5 Å². The quantitative estimate of drug-likeness (QED) is 0.275. The van der Waals surface area contributed by atoms with Crippen LogP contribution in [0.3, 0.4) is 0 Å². The molecular formula is C29H25N3O4S. The van der Waals surface area contributed by atoms with Crippen molar-refractivity contribution in [2.45, 2.75) is 13.8 Å². The molecule has 0 saturated carbocycles. The summed E-state index contributed by atoms with van der Waals surface area (Å²) in [5, 5.41) is 6.04. The summed E-state index contributed by atoms with van der Waals surface area (Å²) in [4.78, 5) is 22.7. The summed E-state index contributed by atoms with van der Waals surface area (Å²) < 4.78 is 16.6. The van der Waals surface area contributed by atoms with E-state index in [2.05, 4.69) is 41.3 Å². The molecule has 1 amide bonds. The van der Waals surface area contributed by atoms with Crippen molar-refractivity contribution >= 4 is 39.0 Å². The average Bonchev–Trinajstić information content (AvgIpc) is 3.38. The molecule has 37 heavy (non-hydrogen) atoms. The largest absolute Gasteiger partial charge is 0.497 e. The third kappa shape index (κ3) is 5.24. The highest BCUT2D eigenvalue weighted by Gasteiger charge is 2.16. The smallest absolute Gasteiger partial charge is 0.262 e. The first-order chi connectivity index (χ1) is 17.9. The van der Waals surface area contributed by atoms with Crippen LogP contribution in [0.2, 0.25) is 0 Å². The maximum atomic E-state index is 13.5. The maximum absolute atomic E-state index is 13.5. The number of aryl methyl sites for hydroxylation is 2. The van der Waals surface area contributed by atoms with Gasteiger partial charge in [-0.1, -0.05) is 12.1 Å². The third-order valence-electron chi connectivity index (χ3n) is 6.03. The van der Waals surface area contributed by atoms with Gasteiger partial charge in [-0.2, -0.15) is 0 Å². The molecular weight excluding hydrogens is 486 g/mol. The van der Waals surface area contributed by atoms with Crippen molar-refractivity contribution in [2.24, 2.45) is 4.99 Å². The highest BCUT2D eigenvalue weighted by molar-refractivity contribution is 7.14. The van der Waals surface area contributed by atoms with E-state index < -0.39 is 0 Å². The molecule has 0 saturated heterocycles. The van der Waals surface area contributed by atoms with Gasteiger partial charge in [0.2, 0.25) is 5.55 Å². The van der Waals surface area contributed by atoms with E-state index in [1.807, 2.05) is 17.5 Å². The molecule has 0 atom stereocenters. The zero-order valence-electron chi connectivity index (χ0n) is 20.9. The van der Waals surface area contributed by atoms with Crippen molar-refractivity contribution in [1.82, 2.24) is 4.98 Å². The van der Waals surface area contributed by atoms with Crippen LogP contribution in [0.5, 0.6) is 11.5 Å². The molecule has 0 fully saturated rings. The summed E-state index contributed by atoms with van der Waals surface area (Å²) in [5.74, 6) is 0.997. The Hall–Kier alpha value is -4.43. The predicted octanol–water partition coefficient (Wildman–Crippen LogP) is 6.68. The summed E-state index contributed by atoms with van der Waals surface area (Å²) >= 11 is 1.36. The van der Waals surface area contributed by atoms with Crippen LogP contribution in [0, 0.1) is 13.8 Å². The second-order valence-corrected chi connectivity index (χ2v) is 9.33. The van der Waals surface area contributed by atoms with E-state index >= 15 is 0 Å². The summed E-state index contributed by atoms with van der Waals surface area (Å²) in [6.45, 7) is 4.14. The van der Waals surface area contributed by atoms with E-state index in [0.29, 0.717) is 33.3 Å². The lowest BCUT2D eigenvalue weighted by Gasteiger charge is -2.07. The minimum atomic E-state index is -0.373. The second-order valence-electron chi connectivity index (χ2n) is 8.47. The Morgan fingerprint density at radius 3 is 2.41 bits per heavy atom. The lowest BCUT2D eigenvalue weighted by atomic mass is 10.1. The Morgan fingerprint density at radius 2 is 1.68 bits per heavy atom. The molecule has 2 aromatic heterocycles. The number of benzene rings is 3. The lowest BCUT2D eigenvalue weighted by molar-refractivity contribution is 0.102. The molecule has 0 aliphatic rings. The van der Waals surface area contributed by atoms with Gasteiger partial charge in [-0.15, -0.1) is 11.3 Å². The summed E-state index contributed by atoms with van der Waals surface area (Å²) in [6, 6.07) is 20.5. The molecule has 5 aromatic rings. The number of hydrogen-bond donors (Lipinski definition) is 1. The number of fused-ring (bicyclic) bond motifs is 1. The van der Waals surface area contributed by atoms with E-state index in [1.54, 1.807) is 56.7 Å². The number of amides is 1. The molecule has 5 rings (SSSR count). The molecule has 0 unspecified atom stereocenters. The number of methoxy groups -OCH3 is 2. The molecule has 7 nitrogen and oxygen atoms in total. The average molecular weight is 512 g/mol. The maximum Gasteiger partial charge on any atom is 0.262 e. The first-order valence-electron chi connectivity index (χ1n) is 11.6. The van der Waals surface area contributed by atoms with Gasteiger partial charge in [-0.25, -0.2) is 9.98 Å². The Bertz CT molecular complexity index is 1670. The van der Waals surface area contributed by atoms with Gasteiger partial charge in [0.25, 0.3) is 5.91 Å². The van der Waals surface area contributed by atoms with Crippen LogP contribution in [0.25, 0.3) is 22.2 Å². The van der Waals surface area contributed by atoms with Gasteiger partial charge in [0.15, 0.2) is 5.13 Å². The highest BCUT2D eigenvalue weighted by atomic mass is 32.1. The SMILES string of the molecule is COc1ccc(N=c2oc3ccc(OC)cc3cc2C(=O)Nc2nc(-c3ccc(C)c(C)c3)cs2)cc1. The number of ether oxygens (including phenoxy) is 2. The van der Waals surface area contributed by atoms with Gasteiger partial charge in [0.1, 0.15) is 22.6 Å². The minimum Gasteiger partial charge on any atom is -0.497 e. The predicted molar refractivity (Wildman–Crippen MR) is 146 cm³/mol.